The Balaban J connectivity index is 1.84. The Labute approximate surface area is 169 Å². The Hall–Kier alpha value is -3.16. The van der Waals surface area contributed by atoms with E-state index in [4.69, 9.17) is 5.11 Å². The van der Waals surface area contributed by atoms with E-state index in [9.17, 15) is 14.4 Å². The zero-order valence-corrected chi connectivity index (χ0v) is 17.2. The monoisotopic (exact) mass is 398 g/mol. The first kappa shape index (κ1) is 20.6. The molecule has 1 aliphatic heterocycles. The molecule has 0 unspecified atom stereocenters. The third-order valence-corrected chi connectivity index (χ3v) is 5.49. The van der Waals surface area contributed by atoms with E-state index in [0.717, 1.165) is 22.6 Å². The van der Waals surface area contributed by atoms with Crippen molar-refractivity contribution in [2.45, 2.75) is 46.1 Å². The molecule has 1 fully saturated rings. The van der Waals surface area contributed by atoms with Crippen molar-refractivity contribution in [1.29, 1.82) is 0 Å². The fraction of sp³-hybridized carbons (Fsp3) is 0.429. The number of carbonyl (C=O) groups is 3. The van der Waals surface area contributed by atoms with Crippen LogP contribution in [0.4, 0.5) is 0 Å². The minimum Gasteiger partial charge on any atom is -0.481 e. The van der Waals surface area contributed by atoms with Crippen LogP contribution in [0.1, 0.15) is 47.6 Å². The lowest BCUT2D eigenvalue weighted by atomic mass is 9.97. The molecule has 1 aromatic carbocycles. The average molecular weight is 398 g/mol. The summed E-state index contributed by atoms with van der Waals surface area (Å²) in [5, 5.41) is 16.3. The van der Waals surface area contributed by atoms with Crippen LogP contribution in [0.5, 0.6) is 0 Å². The molecular weight excluding hydrogens is 372 g/mol. The number of nitrogens with one attached hydrogen (secondary N) is 1. The Bertz CT molecular complexity index is 960. The van der Waals surface area contributed by atoms with Crippen molar-refractivity contribution in [2.24, 2.45) is 0 Å². The van der Waals surface area contributed by atoms with Crippen molar-refractivity contribution in [3.05, 3.63) is 46.8 Å². The topological polar surface area (TPSA) is 105 Å². The molecular formula is C21H26N4O4. The SMILES string of the molecule is Cc1nn(-c2ccc(C(=O)N3CCNC(=O)C3(C)C)cc2)c(C)c1CCC(=O)O. The Morgan fingerprint density at radius 3 is 2.48 bits per heavy atom. The number of aromatic nitrogens is 2. The number of hydrogen-bond acceptors (Lipinski definition) is 4. The van der Waals surface area contributed by atoms with Crippen LogP contribution in [-0.4, -0.2) is 56.2 Å². The maximum atomic E-state index is 13.0. The van der Waals surface area contributed by atoms with Crippen LogP contribution in [0.25, 0.3) is 5.69 Å². The van der Waals surface area contributed by atoms with E-state index >= 15 is 0 Å². The molecule has 2 N–H and O–H groups in total. The van der Waals surface area contributed by atoms with E-state index < -0.39 is 11.5 Å². The standard InChI is InChI=1S/C21H26N4O4/c1-13-17(9-10-18(26)27)14(2)25(23-13)16-7-5-15(6-8-16)19(28)24-12-11-22-20(29)21(24,3)4/h5-8H,9-12H2,1-4H3,(H,22,29)(H,26,27). The number of aryl methyl sites for hydroxylation is 1. The molecule has 0 radical (unpaired) electrons. The van der Waals surface area contributed by atoms with Crippen molar-refractivity contribution in [1.82, 2.24) is 20.0 Å². The highest BCUT2D eigenvalue weighted by Crippen LogP contribution is 2.23. The normalized spacial score (nSPS) is 15.9. The number of benzene rings is 1. The molecule has 0 bridgehead atoms. The summed E-state index contributed by atoms with van der Waals surface area (Å²) in [6.07, 6.45) is 0.482. The summed E-state index contributed by atoms with van der Waals surface area (Å²) in [5.74, 6) is -1.19. The molecule has 1 saturated heterocycles. The lowest BCUT2D eigenvalue weighted by molar-refractivity contribution is -0.137. The highest BCUT2D eigenvalue weighted by Gasteiger charge is 2.40. The van der Waals surface area contributed by atoms with Gasteiger partial charge in [0.15, 0.2) is 0 Å². The van der Waals surface area contributed by atoms with Crippen LogP contribution in [0, 0.1) is 13.8 Å². The fourth-order valence-electron chi connectivity index (χ4n) is 3.68. The first-order valence-corrected chi connectivity index (χ1v) is 9.60. The van der Waals surface area contributed by atoms with Crippen molar-refractivity contribution < 1.29 is 19.5 Å². The average Bonchev–Trinajstić information content (AvgIpc) is 2.95. The van der Waals surface area contributed by atoms with Gasteiger partial charge in [-0.1, -0.05) is 0 Å². The maximum absolute atomic E-state index is 13.0. The molecule has 3 rings (SSSR count). The Morgan fingerprint density at radius 2 is 1.86 bits per heavy atom. The molecule has 0 atom stereocenters. The van der Waals surface area contributed by atoms with Gasteiger partial charge in [0, 0.05) is 30.8 Å². The smallest absolute Gasteiger partial charge is 0.303 e. The largest absolute Gasteiger partial charge is 0.481 e. The molecule has 1 aliphatic rings. The highest BCUT2D eigenvalue weighted by atomic mass is 16.4. The van der Waals surface area contributed by atoms with Crippen LogP contribution in [0.15, 0.2) is 24.3 Å². The Kier molecular flexibility index (Phi) is 5.46. The molecule has 154 valence electrons. The van der Waals surface area contributed by atoms with E-state index in [1.807, 2.05) is 26.0 Å². The van der Waals surface area contributed by atoms with Crippen LogP contribution < -0.4 is 5.32 Å². The number of carbonyl (C=O) groups excluding carboxylic acids is 2. The van der Waals surface area contributed by atoms with Crippen LogP contribution >= 0.6 is 0 Å². The number of aliphatic carboxylic acids is 1. The number of carboxylic acid groups (broad SMARTS) is 1. The van der Waals surface area contributed by atoms with Gasteiger partial charge in [-0.05, 0) is 63.9 Å². The number of nitrogens with zero attached hydrogens (tertiary/aromatic N) is 3. The molecule has 8 heteroatoms. The van der Waals surface area contributed by atoms with Gasteiger partial charge >= 0.3 is 5.97 Å². The van der Waals surface area contributed by atoms with Gasteiger partial charge in [0.1, 0.15) is 5.54 Å². The number of carboxylic acids is 1. The molecule has 0 saturated carbocycles. The van der Waals surface area contributed by atoms with Gasteiger partial charge in [0.2, 0.25) is 5.91 Å². The highest BCUT2D eigenvalue weighted by molar-refractivity contribution is 5.99. The van der Waals surface area contributed by atoms with Crippen LogP contribution in [-0.2, 0) is 16.0 Å². The van der Waals surface area contributed by atoms with Gasteiger partial charge in [-0.15, -0.1) is 0 Å². The van der Waals surface area contributed by atoms with Crippen LogP contribution in [0.3, 0.4) is 0 Å². The van der Waals surface area contributed by atoms with E-state index in [-0.39, 0.29) is 18.2 Å². The summed E-state index contributed by atoms with van der Waals surface area (Å²) in [5.41, 5.74) is 3.00. The van der Waals surface area contributed by atoms with Gasteiger partial charge in [-0.25, -0.2) is 4.68 Å². The van der Waals surface area contributed by atoms with Crippen molar-refractivity contribution >= 4 is 17.8 Å². The summed E-state index contributed by atoms with van der Waals surface area (Å²) in [7, 11) is 0. The predicted molar refractivity (Wildman–Crippen MR) is 107 cm³/mol. The third-order valence-electron chi connectivity index (χ3n) is 5.49. The summed E-state index contributed by atoms with van der Waals surface area (Å²) < 4.78 is 1.76. The molecule has 0 spiro atoms. The molecule has 2 amide bonds. The quantitative estimate of drug-likeness (QED) is 0.800. The summed E-state index contributed by atoms with van der Waals surface area (Å²) in [4.78, 5) is 37.5. The lowest BCUT2D eigenvalue weighted by Crippen LogP contribution is -2.63. The second-order valence-corrected chi connectivity index (χ2v) is 7.77. The van der Waals surface area contributed by atoms with Gasteiger partial charge in [0.25, 0.3) is 5.91 Å². The van der Waals surface area contributed by atoms with Crippen molar-refractivity contribution in [3.63, 3.8) is 0 Å². The molecule has 0 aliphatic carbocycles. The van der Waals surface area contributed by atoms with Gasteiger partial charge in [-0.3, -0.25) is 14.4 Å². The first-order chi connectivity index (χ1) is 13.6. The van der Waals surface area contributed by atoms with Gasteiger partial charge in [-0.2, -0.15) is 5.10 Å². The number of hydrogen-bond donors (Lipinski definition) is 2. The number of rotatable bonds is 5. The second kappa shape index (κ2) is 7.69. The summed E-state index contributed by atoms with van der Waals surface area (Å²) in [6, 6.07) is 7.08. The number of amides is 2. The predicted octanol–water partition coefficient (Wildman–Crippen LogP) is 1.86. The Morgan fingerprint density at radius 1 is 1.21 bits per heavy atom. The lowest BCUT2D eigenvalue weighted by Gasteiger charge is -2.41. The molecule has 8 nitrogen and oxygen atoms in total. The van der Waals surface area contributed by atoms with Gasteiger partial charge < -0.3 is 15.3 Å². The fourth-order valence-corrected chi connectivity index (χ4v) is 3.68. The van der Waals surface area contributed by atoms with Gasteiger partial charge in [0.05, 0.1) is 11.4 Å². The molecule has 29 heavy (non-hydrogen) atoms. The third kappa shape index (κ3) is 3.87. The zero-order chi connectivity index (χ0) is 21.3. The van der Waals surface area contributed by atoms with Crippen molar-refractivity contribution in [3.8, 4) is 5.69 Å². The minimum absolute atomic E-state index is 0.0556. The van der Waals surface area contributed by atoms with E-state index in [1.54, 1.807) is 35.6 Å². The molecule has 1 aromatic heterocycles. The number of piperazine rings is 1. The van der Waals surface area contributed by atoms with Crippen LogP contribution in [0.2, 0.25) is 0 Å². The molecule has 2 aromatic rings. The second-order valence-electron chi connectivity index (χ2n) is 7.77. The minimum atomic E-state index is -0.900. The summed E-state index contributed by atoms with van der Waals surface area (Å²) >= 11 is 0. The molecule has 2 heterocycles. The van der Waals surface area contributed by atoms with E-state index in [1.165, 1.54) is 0 Å². The first-order valence-electron chi connectivity index (χ1n) is 9.60. The van der Waals surface area contributed by atoms with Crippen molar-refractivity contribution in [2.75, 3.05) is 13.1 Å². The van der Waals surface area contributed by atoms with E-state index in [0.29, 0.717) is 25.1 Å². The summed E-state index contributed by atoms with van der Waals surface area (Å²) in [6.45, 7) is 8.15. The zero-order valence-electron chi connectivity index (χ0n) is 17.2. The maximum Gasteiger partial charge on any atom is 0.303 e. The van der Waals surface area contributed by atoms with E-state index in [2.05, 4.69) is 10.4 Å².